The van der Waals surface area contributed by atoms with Crippen LogP contribution < -0.4 is 10.1 Å². The van der Waals surface area contributed by atoms with Crippen LogP contribution in [0.5, 0.6) is 5.75 Å². The molecule has 3 atom stereocenters. The second kappa shape index (κ2) is 8.88. The van der Waals surface area contributed by atoms with Crippen molar-refractivity contribution < 1.29 is 22.7 Å². The number of hydrogen-bond donors (Lipinski definition) is 1. The Kier molecular flexibility index (Phi) is 6.82. The van der Waals surface area contributed by atoms with E-state index in [4.69, 9.17) is 0 Å². The molecule has 0 unspecified atom stereocenters. The molecule has 1 N–H and O–H groups in total. The van der Waals surface area contributed by atoms with Crippen molar-refractivity contribution in [2.45, 2.75) is 38.9 Å². The van der Waals surface area contributed by atoms with E-state index in [0.717, 1.165) is 5.56 Å². The van der Waals surface area contributed by atoms with Gasteiger partial charge in [-0.2, -0.15) is 13.2 Å². The lowest BCUT2D eigenvalue weighted by atomic mass is 9.88. The van der Waals surface area contributed by atoms with E-state index < -0.39 is 12.8 Å². The van der Waals surface area contributed by atoms with E-state index >= 15 is 0 Å². The molecule has 2 aromatic rings. The van der Waals surface area contributed by atoms with Crippen LogP contribution in [0.15, 0.2) is 48.7 Å². The number of amides is 1. The maximum absolute atomic E-state index is 12.5. The number of carbonyl (C=O) groups excluding carboxylic acids is 1. The normalized spacial score (nSPS) is 14.9. The van der Waals surface area contributed by atoms with Crippen LogP contribution >= 0.6 is 0 Å². The largest absolute Gasteiger partial charge is 0.483 e. The van der Waals surface area contributed by atoms with E-state index in [-0.39, 0.29) is 29.5 Å². The van der Waals surface area contributed by atoms with Gasteiger partial charge in [0.15, 0.2) is 6.61 Å². The number of alkyl halides is 3. The molecule has 27 heavy (non-hydrogen) atoms. The van der Waals surface area contributed by atoms with Crippen LogP contribution in [0.1, 0.15) is 44.0 Å². The number of nitrogens with one attached hydrogen (secondary N) is 1. The van der Waals surface area contributed by atoms with E-state index in [1.807, 2.05) is 44.2 Å². The Bertz CT molecular complexity index is 733. The standard InChI is InChI=1S/C20H23F3N2O2/c1-13(16-7-5-4-6-8-16)14(2)19(26)25-15(3)18-10-9-17(11-24-18)27-12-20(21,22)23/h4-11,13-15H,12H2,1-3H3,(H,25,26)/t13-,14-,15-/m1/s1. The Morgan fingerprint density at radius 1 is 1.11 bits per heavy atom. The summed E-state index contributed by atoms with van der Waals surface area (Å²) >= 11 is 0. The Hall–Kier alpha value is -2.57. The smallest absolute Gasteiger partial charge is 0.422 e. The minimum Gasteiger partial charge on any atom is -0.483 e. The van der Waals surface area contributed by atoms with Crippen LogP contribution in [0.3, 0.4) is 0 Å². The number of rotatable bonds is 7. The molecule has 0 aliphatic heterocycles. The molecular formula is C20H23F3N2O2. The van der Waals surface area contributed by atoms with Gasteiger partial charge in [-0.3, -0.25) is 9.78 Å². The molecule has 0 radical (unpaired) electrons. The maximum Gasteiger partial charge on any atom is 0.422 e. The van der Waals surface area contributed by atoms with Crippen molar-refractivity contribution in [2.75, 3.05) is 6.61 Å². The molecule has 1 heterocycles. The molecule has 1 aromatic carbocycles. The van der Waals surface area contributed by atoms with Crippen molar-refractivity contribution in [2.24, 2.45) is 5.92 Å². The van der Waals surface area contributed by atoms with Crippen LogP contribution in [-0.2, 0) is 4.79 Å². The summed E-state index contributed by atoms with van der Waals surface area (Å²) in [6.45, 7) is 4.27. The summed E-state index contributed by atoms with van der Waals surface area (Å²) in [4.78, 5) is 16.6. The summed E-state index contributed by atoms with van der Waals surface area (Å²) in [6.07, 6.45) is -3.18. The molecule has 0 fully saturated rings. The fraction of sp³-hybridized carbons (Fsp3) is 0.400. The monoisotopic (exact) mass is 380 g/mol. The molecule has 4 nitrogen and oxygen atoms in total. The van der Waals surface area contributed by atoms with Gasteiger partial charge in [-0.15, -0.1) is 0 Å². The van der Waals surface area contributed by atoms with E-state index in [2.05, 4.69) is 15.0 Å². The van der Waals surface area contributed by atoms with E-state index in [0.29, 0.717) is 5.69 Å². The van der Waals surface area contributed by atoms with Crippen LogP contribution in [0.4, 0.5) is 13.2 Å². The first-order valence-electron chi connectivity index (χ1n) is 8.68. The summed E-state index contributed by atoms with van der Waals surface area (Å²) in [6, 6.07) is 12.3. The third-order valence-corrected chi connectivity index (χ3v) is 4.45. The highest BCUT2D eigenvalue weighted by molar-refractivity contribution is 5.79. The minimum absolute atomic E-state index is 0.0284. The first-order chi connectivity index (χ1) is 12.7. The first-order valence-corrected chi connectivity index (χ1v) is 8.68. The lowest BCUT2D eigenvalue weighted by Gasteiger charge is -2.22. The molecule has 0 saturated carbocycles. The second-order valence-electron chi connectivity index (χ2n) is 6.54. The topological polar surface area (TPSA) is 51.2 Å². The average molecular weight is 380 g/mol. The molecule has 1 amide bonds. The van der Waals surface area contributed by atoms with Gasteiger partial charge >= 0.3 is 6.18 Å². The second-order valence-corrected chi connectivity index (χ2v) is 6.54. The van der Waals surface area contributed by atoms with Crippen molar-refractivity contribution >= 4 is 5.91 Å². The predicted octanol–water partition coefficient (Wildman–Crippen LogP) is 4.64. The highest BCUT2D eigenvalue weighted by Crippen LogP contribution is 2.25. The van der Waals surface area contributed by atoms with E-state index in [1.165, 1.54) is 12.3 Å². The van der Waals surface area contributed by atoms with Gasteiger partial charge in [-0.25, -0.2) is 0 Å². The molecule has 1 aromatic heterocycles. The highest BCUT2D eigenvalue weighted by atomic mass is 19.4. The number of carbonyl (C=O) groups is 1. The molecule has 0 saturated heterocycles. The molecule has 0 spiro atoms. The lowest BCUT2D eigenvalue weighted by Crippen LogP contribution is -2.34. The van der Waals surface area contributed by atoms with Crippen LogP contribution in [-0.4, -0.2) is 23.7 Å². The highest BCUT2D eigenvalue weighted by Gasteiger charge is 2.28. The average Bonchev–Trinajstić information content (AvgIpc) is 2.65. The summed E-state index contributed by atoms with van der Waals surface area (Å²) in [5.41, 5.74) is 1.62. The quantitative estimate of drug-likeness (QED) is 0.761. The lowest BCUT2D eigenvalue weighted by molar-refractivity contribution is -0.153. The number of benzene rings is 1. The molecule has 146 valence electrons. The van der Waals surface area contributed by atoms with Gasteiger partial charge in [0, 0.05) is 5.92 Å². The van der Waals surface area contributed by atoms with Gasteiger partial charge in [-0.1, -0.05) is 44.2 Å². The SMILES string of the molecule is C[C@@H](NC(=O)[C@H](C)[C@@H](C)c1ccccc1)c1ccc(OCC(F)(F)F)cn1. The number of pyridine rings is 1. The number of nitrogens with zero attached hydrogens (tertiary/aromatic N) is 1. The zero-order valence-electron chi connectivity index (χ0n) is 15.5. The molecule has 2 rings (SSSR count). The van der Waals surface area contributed by atoms with Gasteiger partial charge in [0.25, 0.3) is 0 Å². The van der Waals surface area contributed by atoms with Gasteiger partial charge in [-0.05, 0) is 30.5 Å². The molecular weight excluding hydrogens is 357 g/mol. The fourth-order valence-electron chi connectivity index (χ4n) is 2.59. The minimum atomic E-state index is -4.40. The molecule has 7 heteroatoms. The molecule has 0 aliphatic rings. The van der Waals surface area contributed by atoms with E-state index in [1.54, 1.807) is 13.0 Å². The number of ether oxygens (including phenoxy) is 1. The Balaban J connectivity index is 1.93. The van der Waals surface area contributed by atoms with Gasteiger partial charge < -0.3 is 10.1 Å². The zero-order chi connectivity index (χ0) is 20.0. The Morgan fingerprint density at radius 2 is 1.78 bits per heavy atom. The summed E-state index contributed by atoms with van der Waals surface area (Å²) < 4.78 is 41.1. The van der Waals surface area contributed by atoms with Gasteiger partial charge in [0.05, 0.1) is 17.9 Å². The van der Waals surface area contributed by atoms with Crippen molar-refractivity contribution in [1.82, 2.24) is 10.3 Å². The van der Waals surface area contributed by atoms with Crippen molar-refractivity contribution in [1.29, 1.82) is 0 Å². The predicted molar refractivity (Wildman–Crippen MR) is 96.4 cm³/mol. The van der Waals surface area contributed by atoms with E-state index in [9.17, 15) is 18.0 Å². The first kappa shape index (κ1) is 20.7. The van der Waals surface area contributed by atoms with Crippen molar-refractivity contribution in [3.63, 3.8) is 0 Å². The summed E-state index contributed by atoms with van der Waals surface area (Å²) in [5, 5.41) is 2.90. The number of aromatic nitrogens is 1. The summed E-state index contributed by atoms with van der Waals surface area (Å²) in [7, 11) is 0. The molecule has 0 aliphatic carbocycles. The number of halogens is 3. The van der Waals surface area contributed by atoms with Gasteiger partial charge in [0.1, 0.15) is 5.75 Å². The number of hydrogen-bond acceptors (Lipinski definition) is 3. The van der Waals surface area contributed by atoms with Gasteiger partial charge in [0.2, 0.25) is 5.91 Å². The van der Waals surface area contributed by atoms with Crippen molar-refractivity contribution in [3.8, 4) is 5.75 Å². The van der Waals surface area contributed by atoms with Crippen LogP contribution in [0, 0.1) is 5.92 Å². The van der Waals surface area contributed by atoms with Crippen LogP contribution in [0.2, 0.25) is 0 Å². The fourth-order valence-corrected chi connectivity index (χ4v) is 2.59. The molecule has 0 bridgehead atoms. The summed E-state index contributed by atoms with van der Waals surface area (Å²) in [5.74, 6) is -0.285. The third-order valence-electron chi connectivity index (χ3n) is 4.45. The zero-order valence-corrected chi connectivity index (χ0v) is 15.5. The Labute approximate surface area is 156 Å². The van der Waals surface area contributed by atoms with Crippen LogP contribution in [0.25, 0.3) is 0 Å². The third kappa shape index (κ3) is 6.27. The Morgan fingerprint density at radius 3 is 2.33 bits per heavy atom. The maximum atomic E-state index is 12.5. The van der Waals surface area contributed by atoms with Crippen molar-refractivity contribution in [3.05, 3.63) is 59.9 Å².